The number of thiazole rings is 1. The van der Waals surface area contributed by atoms with E-state index in [0.29, 0.717) is 0 Å². The van der Waals surface area contributed by atoms with E-state index in [1.807, 2.05) is 57.2 Å². The topological polar surface area (TPSA) is 37.8 Å². The highest BCUT2D eigenvalue weighted by atomic mass is 32.2. The monoisotopic (exact) mass is 441 g/mol. The van der Waals surface area contributed by atoms with E-state index in [-0.39, 0.29) is 4.90 Å². The average Bonchev–Trinajstić information content (AvgIpc) is 3.18. The van der Waals surface area contributed by atoms with Gasteiger partial charge < -0.3 is 4.72 Å². The van der Waals surface area contributed by atoms with Crippen molar-refractivity contribution >= 4 is 29.0 Å². The van der Waals surface area contributed by atoms with Crippen molar-refractivity contribution in [1.29, 1.82) is 0 Å². The van der Waals surface area contributed by atoms with Crippen LogP contribution in [0.3, 0.4) is 0 Å². The molecule has 3 nitrogen and oxygen atoms in total. The molecule has 2 aromatic heterocycles. The molecule has 0 saturated heterocycles. The first-order valence-electron chi connectivity index (χ1n) is 9.46. The zero-order valence-corrected chi connectivity index (χ0v) is 18.5. The predicted octanol–water partition coefficient (Wildman–Crippen LogP) is 7.60. The fourth-order valence-electron chi connectivity index (χ4n) is 2.72. The third-order valence-corrected chi connectivity index (χ3v) is 5.88. The third kappa shape index (κ3) is 5.23. The van der Waals surface area contributed by atoms with Gasteiger partial charge in [-0.1, -0.05) is 26.0 Å². The lowest BCUT2D eigenvalue weighted by Gasteiger charge is -2.09. The standard InChI is InChI=1S/C21H15F2N3S2.C2H6/c1-13-25-20(14-7-9-24-10-8-14)21(27-13)15-3-2-4-17(11-15)26-28-19-12-16(22)5-6-18(19)23;1-2/h2-12,26H,1H3;1-2H3. The molecular formula is C23H21F2N3S2. The van der Waals surface area contributed by atoms with E-state index < -0.39 is 11.6 Å². The van der Waals surface area contributed by atoms with E-state index >= 15 is 0 Å². The number of aryl methyl sites for hydroxylation is 1. The fraction of sp³-hybridized carbons (Fsp3) is 0.130. The Hall–Kier alpha value is -2.77. The molecule has 0 spiro atoms. The Kier molecular flexibility index (Phi) is 7.54. The highest BCUT2D eigenvalue weighted by molar-refractivity contribution is 8.00. The second-order valence-electron chi connectivity index (χ2n) is 6.01. The van der Waals surface area contributed by atoms with Crippen LogP contribution in [-0.2, 0) is 0 Å². The quantitative estimate of drug-likeness (QED) is 0.324. The van der Waals surface area contributed by atoms with Crippen molar-refractivity contribution in [2.45, 2.75) is 25.7 Å². The SMILES string of the molecule is CC.Cc1nc(-c2ccncc2)c(-c2cccc(NSc3cc(F)ccc3F)c2)s1. The highest BCUT2D eigenvalue weighted by Gasteiger charge is 2.14. The summed E-state index contributed by atoms with van der Waals surface area (Å²) in [5, 5.41) is 0.969. The molecule has 0 atom stereocenters. The van der Waals surface area contributed by atoms with Crippen molar-refractivity contribution in [1.82, 2.24) is 9.97 Å². The minimum atomic E-state index is -0.471. The molecule has 154 valence electrons. The molecule has 30 heavy (non-hydrogen) atoms. The Labute approximate surface area is 183 Å². The summed E-state index contributed by atoms with van der Waals surface area (Å²) < 4.78 is 30.3. The average molecular weight is 442 g/mol. The Morgan fingerprint density at radius 3 is 2.47 bits per heavy atom. The molecule has 0 bridgehead atoms. The van der Waals surface area contributed by atoms with Crippen LogP contribution in [0, 0.1) is 18.6 Å². The van der Waals surface area contributed by atoms with Gasteiger partial charge in [0.1, 0.15) is 11.6 Å². The molecular weight excluding hydrogens is 420 g/mol. The van der Waals surface area contributed by atoms with Crippen LogP contribution in [0.4, 0.5) is 14.5 Å². The van der Waals surface area contributed by atoms with E-state index in [9.17, 15) is 8.78 Å². The minimum absolute atomic E-state index is 0.205. The summed E-state index contributed by atoms with van der Waals surface area (Å²) in [7, 11) is 0. The lowest BCUT2D eigenvalue weighted by Crippen LogP contribution is -1.91. The van der Waals surface area contributed by atoms with Crippen molar-refractivity contribution in [3.05, 3.63) is 83.6 Å². The van der Waals surface area contributed by atoms with Crippen molar-refractivity contribution in [3.8, 4) is 21.7 Å². The first-order valence-corrected chi connectivity index (χ1v) is 11.1. The molecule has 7 heteroatoms. The number of hydrogen-bond donors (Lipinski definition) is 1. The number of benzene rings is 2. The van der Waals surface area contributed by atoms with E-state index in [1.165, 1.54) is 6.07 Å². The number of rotatable bonds is 5. The van der Waals surface area contributed by atoms with Gasteiger partial charge in [-0.3, -0.25) is 4.98 Å². The van der Waals surface area contributed by atoms with Crippen LogP contribution in [0.1, 0.15) is 18.9 Å². The van der Waals surface area contributed by atoms with Gasteiger partial charge in [0.25, 0.3) is 0 Å². The summed E-state index contributed by atoms with van der Waals surface area (Å²) >= 11 is 2.65. The van der Waals surface area contributed by atoms with E-state index in [4.69, 9.17) is 0 Å². The molecule has 2 heterocycles. The van der Waals surface area contributed by atoms with Gasteiger partial charge in [-0.05, 0) is 66.9 Å². The maximum absolute atomic E-state index is 13.8. The second-order valence-corrected chi connectivity index (χ2v) is 8.06. The summed E-state index contributed by atoms with van der Waals surface area (Å²) in [4.78, 5) is 10.00. The van der Waals surface area contributed by atoms with Crippen molar-refractivity contribution in [2.24, 2.45) is 0 Å². The summed E-state index contributed by atoms with van der Waals surface area (Å²) in [5.41, 5.74) is 3.70. The zero-order valence-electron chi connectivity index (χ0n) is 16.8. The van der Waals surface area contributed by atoms with Gasteiger partial charge in [0.15, 0.2) is 0 Å². The van der Waals surface area contributed by atoms with Gasteiger partial charge in [-0.25, -0.2) is 13.8 Å². The van der Waals surface area contributed by atoms with Crippen LogP contribution >= 0.6 is 23.3 Å². The van der Waals surface area contributed by atoms with Crippen LogP contribution in [0.25, 0.3) is 21.7 Å². The van der Waals surface area contributed by atoms with Crippen LogP contribution in [-0.4, -0.2) is 9.97 Å². The highest BCUT2D eigenvalue weighted by Crippen LogP contribution is 2.37. The Balaban J connectivity index is 0.00000124. The number of hydrogen-bond acceptors (Lipinski definition) is 5. The Bertz CT molecular complexity index is 1110. The molecule has 4 aromatic rings. The number of nitrogens with zero attached hydrogens (tertiary/aromatic N) is 2. The van der Waals surface area contributed by atoms with Crippen molar-refractivity contribution in [2.75, 3.05) is 4.72 Å². The molecule has 0 radical (unpaired) electrons. The second kappa shape index (κ2) is 10.3. The summed E-state index contributed by atoms with van der Waals surface area (Å²) in [6.07, 6.45) is 3.49. The molecule has 0 amide bonds. The van der Waals surface area contributed by atoms with Gasteiger partial charge in [-0.15, -0.1) is 11.3 Å². The largest absolute Gasteiger partial charge is 0.326 e. The number of nitrogens with one attached hydrogen (secondary N) is 1. The number of halogens is 2. The predicted molar refractivity (Wildman–Crippen MR) is 123 cm³/mol. The minimum Gasteiger partial charge on any atom is -0.326 e. The van der Waals surface area contributed by atoms with E-state index in [1.54, 1.807) is 23.7 Å². The Morgan fingerprint density at radius 1 is 0.933 bits per heavy atom. The molecule has 0 aliphatic rings. The first-order chi connectivity index (χ1) is 14.6. The van der Waals surface area contributed by atoms with Crippen LogP contribution < -0.4 is 4.72 Å². The lowest BCUT2D eigenvalue weighted by molar-refractivity contribution is 0.577. The van der Waals surface area contributed by atoms with Crippen molar-refractivity contribution < 1.29 is 8.78 Å². The molecule has 0 fully saturated rings. The van der Waals surface area contributed by atoms with Crippen molar-refractivity contribution in [3.63, 3.8) is 0 Å². The maximum atomic E-state index is 13.8. The zero-order chi connectivity index (χ0) is 21.5. The lowest BCUT2D eigenvalue weighted by atomic mass is 10.1. The Morgan fingerprint density at radius 2 is 1.70 bits per heavy atom. The van der Waals surface area contributed by atoms with E-state index in [0.717, 1.165) is 56.5 Å². The molecule has 0 unspecified atom stereocenters. The smallest absolute Gasteiger partial charge is 0.138 e. The molecule has 0 aliphatic carbocycles. The maximum Gasteiger partial charge on any atom is 0.138 e. The van der Waals surface area contributed by atoms with Gasteiger partial charge in [-0.2, -0.15) is 0 Å². The number of aromatic nitrogens is 2. The van der Waals surface area contributed by atoms with Gasteiger partial charge in [0, 0.05) is 23.6 Å². The summed E-state index contributed by atoms with van der Waals surface area (Å²) in [5.74, 6) is -0.935. The molecule has 0 saturated carbocycles. The van der Waals surface area contributed by atoms with Crippen LogP contribution in [0.2, 0.25) is 0 Å². The van der Waals surface area contributed by atoms with Gasteiger partial charge in [0.05, 0.1) is 20.5 Å². The first kappa shape index (κ1) is 21.9. The summed E-state index contributed by atoms with van der Waals surface area (Å²) in [6.45, 7) is 5.98. The fourth-order valence-corrected chi connectivity index (χ4v) is 4.35. The number of pyridine rings is 1. The molecule has 2 aromatic carbocycles. The molecule has 1 N–H and O–H groups in total. The van der Waals surface area contributed by atoms with Gasteiger partial charge >= 0.3 is 0 Å². The molecule has 4 rings (SSSR count). The normalized spacial score (nSPS) is 10.3. The van der Waals surface area contributed by atoms with Crippen LogP contribution in [0.15, 0.2) is 71.9 Å². The third-order valence-electron chi connectivity index (χ3n) is 3.98. The molecule has 0 aliphatic heterocycles. The van der Waals surface area contributed by atoms with Crippen LogP contribution in [0.5, 0.6) is 0 Å². The summed E-state index contributed by atoms with van der Waals surface area (Å²) in [6, 6.07) is 15.1. The van der Waals surface area contributed by atoms with E-state index in [2.05, 4.69) is 14.7 Å². The number of anilines is 1. The van der Waals surface area contributed by atoms with Gasteiger partial charge in [0.2, 0.25) is 0 Å².